The van der Waals surface area contributed by atoms with Crippen LogP contribution in [0.25, 0.3) is 0 Å². The van der Waals surface area contributed by atoms with Crippen molar-refractivity contribution in [2.75, 3.05) is 27.2 Å². The normalized spacial score (nSPS) is 31.0. The van der Waals surface area contributed by atoms with Crippen LogP contribution in [-0.2, 0) is 4.57 Å². The van der Waals surface area contributed by atoms with Crippen molar-refractivity contribution in [1.29, 1.82) is 0 Å². The largest absolute Gasteiger partial charge is 0.289 e. The van der Waals surface area contributed by atoms with Gasteiger partial charge in [-0.25, -0.2) is 9.34 Å². The predicted octanol–water partition coefficient (Wildman–Crippen LogP) is 2.39. The molecule has 0 spiro atoms. The first kappa shape index (κ1) is 10.7. The smallest absolute Gasteiger partial charge is 0.219 e. The third-order valence-electron chi connectivity index (χ3n) is 3.78. The average Bonchev–Trinajstić information content (AvgIpc) is 2.49. The van der Waals surface area contributed by atoms with Crippen LogP contribution in [0.4, 0.5) is 0 Å². The summed E-state index contributed by atoms with van der Waals surface area (Å²) in [5, 5.41) is 0. The van der Waals surface area contributed by atoms with Crippen LogP contribution in [0.5, 0.6) is 0 Å². The van der Waals surface area contributed by atoms with E-state index in [0.717, 1.165) is 13.1 Å². The molecule has 4 heteroatoms. The Labute approximate surface area is 86.9 Å². The summed E-state index contributed by atoms with van der Waals surface area (Å²) in [6.45, 7) is 1.95. The molecule has 82 valence electrons. The maximum atomic E-state index is 12.9. The van der Waals surface area contributed by atoms with Gasteiger partial charge in [-0.1, -0.05) is 19.3 Å². The molecule has 0 aromatic heterocycles. The molecule has 0 bridgehead atoms. The monoisotopic (exact) mass is 216 g/mol. The summed E-state index contributed by atoms with van der Waals surface area (Å²) in [7, 11) is 1.89. The molecule has 1 saturated heterocycles. The summed E-state index contributed by atoms with van der Waals surface area (Å²) in [5.74, 6) is 0. The van der Waals surface area contributed by atoms with Gasteiger partial charge in [-0.2, -0.15) is 0 Å². The first-order valence-electron chi connectivity index (χ1n) is 5.68. The SMILES string of the molecule is CN1CCN(C)P1(=O)C1CCCCC1. The molecule has 14 heavy (non-hydrogen) atoms. The zero-order valence-electron chi connectivity index (χ0n) is 9.28. The van der Waals surface area contributed by atoms with Crippen LogP contribution < -0.4 is 0 Å². The standard InChI is InChI=1S/C10H21N2OP/c1-11-8-9-12(2)14(11,13)10-6-4-3-5-7-10/h10H,3-9H2,1-2H3. The van der Waals surface area contributed by atoms with E-state index in [4.69, 9.17) is 0 Å². The third kappa shape index (κ3) is 1.56. The molecule has 2 fully saturated rings. The van der Waals surface area contributed by atoms with E-state index in [2.05, 4.69) is 9.34 Å². The van der Waals surface area contributed by atoms with Gasteiger partial charge in [-0.15, -0.1) is 0 Å². The highest BCUT2D eigenvalue weighted by molar-refractivity contribution is 7.60. The number of likely N-dealkylation sites (N-methyl/N-ethyl adjacent to an activating group) is 2. The van der Waals surface area contributed by atoms with Gasteiger partial charge in [-0.3, -0.25) is 4.57 Å². The predicted molar refractivity (Wildman–Crippen MR) is 59.7 cm³/mol. The zero-order valence-corrected chi connectivity index (χ0v) is 10.2. The first-order valence-corrected chi connectivity index (χ1v) is 7.37. The van der Waals surface area contributed by atoms with Crippen molar-refractivity contribution in [3.05, 3.63) is 0 Å². The minimum absolute atomic E-state index is 0.453. The van der Waals surface area contributed by atoms with Gasteiger partial charge in [0.1, 0.15) is 0 Å². The van der Waals surface area contributed by atoms with Crippen LogP contribution >= 0.6 is 7.44 Å². The van der Waals surface area contributed by atoms with Gasteiger partial charge in [-0.05, 0) is 26.9 Å². The molecular formula is C10H21N2OP. The Hall–Kier alpha value is 0.150. The van der Waals surface area contributed by atoms with Gasteiger partial charge in [0.25, 0.3) is 0 Å². The molecule has 1 aliphatic carbocycles. The fraction of sp³-hybridized carbons (Fsp3) is 1.00. The zero-order chi connectivity index (χ0) is 10.2. The van der Waals surface area contributed by atoms with E-state index in [-0.39, 0.29) is 0 Å². The second-order valence-electron chi connectivity index (χ2n) is 4.64. The van der Waals surface area contributed by atoms with Crippen LogP contribution in [0.15, 0.2) is 0 Å². The van der Waals surface area contributed by atoms with E-state index >= 15 is 0 Å². The molecule has 0 N–H and O–H groups in total. The van der Waals surface area contributed by atoms with Gasteiger partial charge < -0.3 is 0 Å². The Bertz CT molecular complexity index is 237. The highest BCUT2D eigenvalue weighted by Crippen LogP contribution is 2.62. The minimum Gasteiger partial charge on any atom is -0.289 e. The van der Waals surface area contributed by atoms with Crippen molar-refractivity contribution in [2.45, 2.75) is 37.8 Å². The average molecular weight is 216 g/mol. The molecule has 0 amide bonds. The van der Waals surface area contributed by atoms with Gasteiger partial charge in [0.2, 0.25) is 7.44 Å². The van der Waals surface area contributed by atoms with Crippen molar-refractivity contribution < 1.29 is 4.57 Å². The Morgan fingerprint density at radius 2 is 1.50 bits per heavy atom. The van der Waals surface area contributed by atoms with Crippen LogP contribution in [-0.4, -0.2) is 42.2 Å². The molecule has 0 aromatic rings. The summed E-state index contributed by atoms with van der Waals surface area (Å²) in [6, 6.07) is 0. The van der Waals surface area contributed by atoms with E-state index in [9.17, 15) is 4.57 Å². The highest BCUT2D eigenvalue weighted by atomic mass is 31.2. The summed E-state index contributed by atoms with van der Waals surface area (Å²) in [4.78, 5) is 0. The quantitative estimate of drug-likeness (QED) is 0.629. The summed E-state index contributed by atoms with van der Waals surface area (Å²) in [6.07, 6.45) is 6.23. The fourth-order valence-electron chi connectivity index (χ4n) is 2.81. The van der Waals surface area contributed by atoms with Crippen molar-refractivity contribution in [3.63, 3.8) is 0 Å². The van der Waals surface area contributed by atoms with Gasteiger partial charge in [0.15, 0.2) is 0 Å². The van der Waals surface area contributed by atoms with E-state index in [1.807, 2.05) is 14.1 Å². The summed E-state index contributed by atoms with van der Waals surface area (Å²) >= 11 is 0. The van der Waals surface area contributed by atoms with Crippen molar-refractivity contribution in [2.24, 2.45) is 0 Å². The van der Waals surface area contributed by atoms with E-state index in [1.54, 1.807) is 0 Å². The molecule has 2 rings (SSSR count). The third-order valence-corrected chi connectivity index (χ3v) is 7.60. The number of nitrogens with zero attached hydrogens (tertiary/aromatic N) is 2. The van der Waals surface area contributed by atoms with E-state index in [1.165, 1.54) is 32.1 Å². The summed E-state index contributed by atoms with van der Waals surface area (Å²) in [5.41, 5.74) is 0.453. The Balaban J connectivity index is 2.16. The Morgan fingerprint density at radius 1 is 1.00 bits per heavy atom. The molecule has 0 atom stereocenters. The highest BCUT2D eigenvalue weighted by Gasteiger charge is 2.44. The molecular weight excluding hydrogens is 195 g/mol. The lowest BCUT2D eigenvalue weighted by atomic mass is 10.0. The maximum Gasteiger partial charge on any atom is 0.219 e. The summed E-state index contributed by atoms with van der Waals surface area (Å²) < 4.78 is 17.1. The van der Waals surface area contributed by atoms with Crippen molar-refractivity contribution in [1.82, 2.24) is 9.34 Å². The molecule has 1 saturated carbocycles. The Kier molecular flexibility index (Phi) is 3.01. The van der Waals surface area contributed by atoms with Crippen molar-refractivity contribution in [3.8, 4) is 0 Å². The van der Waals surface area contributed by atoms with Gasteiger partial charge in [0, 0.05) is 18.7 Å². The molecule has 2 aliphatic rings. The second kappa shape index (κ2) is 3.96. The number of hydrogen-bond donors (Lipinski definition) is 0. The first-order chi connectivity index (χ1) is 6.65. The minimum atomic E-state index is -2.16. The molecule has 1 aliphatic heterocycles. The van der Waals surface area contributed by atoms with Crippen LogP contribution in [0, 0.1) is 0 Å². The molecule has 0 radical (unpaired) electrons. The number of rotatable bonds is 1. The van der Waals surface area contributed by atoms with Gasteiger partial charge >= 0.3 is 0 Å². The molecule has 3 nitrogen and oxygen atoms in total. The molecule has 0 aromatic carbocycles. The fourth-order valence-corrected chi connectivity index (χ4v) is 6.24. The van der Waals surface area contributed by atoms with E-state index in [0.29, 0.717) is 5.66 Å². The van der Waals surface area contributed by atoms with Crippen LogP contribution in [0.3, 0.4) is 0 Å². The van der Waals surface area contributed by atoms with E-state index < -0.39 is 7.44 Å². The topological polar surface area (TPSA) is 23.6 Å². The van der Waals surface area contributed by atoms with Crippen LogP contribution in [0.2, 0.25) is 0 Å². The van der Waals surface area contributed by atoms with Gasteiger partial charge in [0.05, 0.1) is 0 Å². The lowest BCUT2D eigenvalue weighted by Gasteiger charge is -2.35. The van der Waals surface area contributed by atoms with Crippen LogP contribution in [0.1, 0.15) is 32.1 Å². The maximum absolute atomic E-state index is 12.9. The lowest BCUT2D eigenvalue weighted by Crippen LogP contribution is -2.25. The van der Waals surface area contributed by atoms with Crippen molar-refractivity contribution >= 4 is 7.44 Å². The second-order valence-corrected chi connectivity index (χ2v) is 7.92. The molecule has 1 heterocycles. The number of hydrogen-bond acceptors (Lipinski definition) is 1. The Morgan fingerprint density at radius 3 is 2.00 bits per heavy atom. The molecule has 0 unspecified atom stereocenters. The lowest BCUT2D eigenvalue weighted by molar-refractivity contribution is 0.427.